The number of hydrogen-bond acceptors (Lipinski definition) is 4. The van der Waals surface area contributed by atoms with E-state index in [0.717, 1.165) is 5.56 Å². The van der Waals surface area contributed by atoms with Gasteiger partial charge in [0.15, 0.2) is 6.10 Å². The quantitative estimate of drug-likeness (QED) is 0.777. The molecule has 0 saturated heterocycles. The number of nitrogens with two attached hydrogens (primary N) is 1. The predicted molar refractivity (Wildman–Crippen MR) is 58.2 cm³/mol. The van der Waals surface area contributed by atoms with Gasteiger partial charge in [-0.3, -0.25) is 0 Å². The van der Waals surface area contributed by atoms with E-state index in [1.54, 1.807) is 6.07 Å². The van der Waals surface area contributed by atoms with E-state index < -0.39 is 12.2 Å². The fourth-order valence-electron chi connectivity index (χ4n) is 1.19. The molecule has 5 nitrogen and oxygen atoms in total. The lowest BCUT2D eigenvalue weighted by atomic mass is 10.2. The average molecular weight is 225 g/mol. The molecular weight excluding hydrogens is 210 g/mol. The Kier molecular flexibility index (Phi) is 4.60. The van der Waals surface area contributed by atoms with E-state index >= 15 is 0 Å². The van der Waals surface area contributed by atoms with Crippen LogP contribution in [0.4, 0.5) is 4.79 Å². The summed E-state index contributed by atoms with van der Waals surface area (Å²) in [6, 6.07) is 7.43. The van der Waals surface area contributed by atoms with Gasteiger partial charge in [0.25, 0.3) is 0 Å². The maximum Gasteiger partial charge on any atom is 0.404 e. The van der Waals surface area contributed by atoms with Crippen LogP contribution in [-0.2, 0) is 4.74 Å². The van der Waals surface area contributed by atoms with Gasteiger partial charge in [-0.2, -0.15) is 0 Å². The number of hydrogen-bond donors (Lipinski definition) is 2. The van der Waals surface area contributed by atoms with Crippen LogP contribution in [0.2, 0.25) is 0 Å². The molecule has 0 aliphatic carbocycles. The van der Waals surface area contributed by atoms with Crippen LogP contribution in [0, 0.1) is 6.92 Å². The largest absolute Gasteiger partial charge is 0.489 e. The molecule has 0 saturated carbocycles. The first-order valence-electron chi connectivity index (χ1n) is 4.89. The summed E-state index contributed by atoms with van der Waals surface area (Å²) in [7, 11) is 0. The van der Waals surface area contributed by atoms with E-state index in [4.69, 9.17) is 15.6 Å². The number of aliphatic hydroxyl groups excluding tert-OH is 1. The second-order valence-corrected chi connectivity index (χ2v) is 3.32. The van der Waals surface area contributed by atoms with Gasteiger partial charge in [-0.25, -0.2) is 4.79 Å². The van der Waals surface area contributed by atoms with Gasteiger partial charge in [-0.15, -0.1) is 0 Å². The molecule has 0 spiro atoms. The van der Waals surface area contributed by atoms with Crippen molar-refractivity contribution in [3.8, 4) is 5.75 Å². The molecule has 88 valence electrons. The van der Waals surface area contributed by atoms with Gasteiger partial charge in [0.1, 0.15) is 12.4 Å². The van der Waals surface area contributed by atoms with Gasteiger partial charge in [0, 0.05) is 0 Å². The van der Waals surface area contributed by atoms with Crippen molar-refractivity contribution >= 4 is 6.09 Å². The molecule has 16 heavy (non-hydrogen) atoms. The molecule has 0 aliphatic rings. The number of aliphatic hydroxyl groups is 1. The fraction of sp³-hybridized carbons (Fsp3) is 0.364. The lowest BCUT2D eigenvalue weighted by Crippen LogP contribution is -2.31. The molecule has 0 aromatic heterocycles. The van der Waals surface area contributed by atoms with Gasteiger partial charge in [-0.05, 0) is 18.6 Å². The Hall–Kier alpha value is -1.75. The van der Waals surface area contributed by atoms with Crippen LogP contribution < -0.4 is 10.5 Å². The number of primary amides is 1. The van der Waals surface area contributed by atoms with Crippen molar-refractivity contribution in [3.63, 3.8) is 0 Å². The normalized spacial score (nSPS) is 11.9. The third kappa shape index (κ3) is 3.78. The lowest BCUT2D eigenvalue weighted by molar-refractivity contribution is 0.0333. The van der Waals surface area contributed by atoms with E-state index in [2.05, 4.69) is 4.74 Å². The topological polar surface area (TPSA) is 81.8 Å². The zero-order valence-corrected chi connectivity index (χ0v) is 9.05. The van der Waals surface area contributed by atoms with Gasteiger partial charge in [0.05, 0.1) is 6.61 Å². The van der Waals surface area contributed by atoms with E-state index in [9.17, 15) is 4.79 Å². The Balaban J connectivity index is 2.49. The third-order valence-corrected chi connectivity index (χ3v) is 2.00. The maximum atomic E-state index is 10.5. The van der Waals surface area contributed by atoms with Gasteiger partial charge < -0.3 is 20.3 Å². The number of carbonyl (C=O) groups is 1. The predicted octanol–water partition coefficient (Wildman–Crippen LogP) is 0.830. The molecular formula is C11H15NO4. The Morgan fingerprint density at radius 1 is 1.50 bits per heavy atom. The van der Waals surface area contributed by atoms with Gasteiger partial charge in [-0.1, -0.05) is 18.2 Å². The van der Waals surface area contributed by atoms with Crippen LogP contribution in [0.3, 0.4) is 0 Å². The minimum absolute atomic E-state index is 0.0737. The monoisotopic (exact) mass is 225 g/mol. The number of benzene rings is 1. The molecule has 0 fully saturated rings. The smallest absolute Gasteiger partial charge is 0.404 e. The Morgan fingerprint density at radius 2 is 2.19 bits per heavy atom. The SMILES string of the molecule is Cc1ccccc1OCC(CO)OC(N)=O. The highest BCUT2D eigenvalue weighted by Gasteiger charge is 2.12. The zero-order chi connectivity index (χ0) is 12.0. The van der Waals surface area contributed by atoms with Crippen molar-refractivity contribution in [2.75, 3.05) is 13.2 Å². The molecule has 1 aromatic rings. The van der Waals surface area contributed by atoms with Crippen LogP contribution in [-0.4, -0.2) is 30.5 Å². The van der Waals surface area contributed by atoms with Crippen molar-refractivity contribution in [1.82, 2.24) is 0 Å². The Bertz CT molecular complexity index is 354. The van der Waals surface area contributed by atoms with Crippen LogP contribution in [0.5, 0.6) is 5.75 Å². The fourth-order valence-corrected chi connectivity index (χ4v) is 1.19. The Labute approximate surface area is 93.8 Å². The molecule has 0 radical (unpaired) electrons. The number of carbonyl (C=O) groups excluding carboxylic acids is 1. The summed E-state index contributed by atoms with van der Waals surface area (Å²) in [5.74, 6) is 0.689. The highest BCUT2D eigenvalue weighted by atomic mass is 16.6. The zero-order valence-electron chi connectivity index (χ0n) is 9.05. The van der Waals surface area contributed by atoms with Crippen molar-refractivity contribution in [1.29, 1.82) is 0 Å². The highest BCUT2D eigenvalue weighted by molar-refractivity contribution is 5.64. The van der Waals surface area contributed by atoms with Crippen LogP contribution in [0.25, 0.3) is 0 Å². The summed E-state index contributed by atoms with van der Waals surface area (Å²) in [6.07, 6.45) is -1.66. The first-order chi connectivity index (χ1) is 7.63. The second kappa shape index (κ2) is 5.97. The first-order valence-corrected chi connectivity index (χ1v) is 4.89. The maximum absolute atomic E-state index is 10.5. The molecule has 1 atom stereocenters. The minimum Gasteiger partial charge on any atom is -0.489 e. The molecule has 0 bridgehead atoms. The number of amides is 1. The molecule has 1 unspecified atom stereocenters. The van der Waals surface area contributed by atoms with Crippen molar-refractivity contribution < 1.29 is 19.4 Å². The van der Waals surface area contributed by atoms with Crippen molar-refractivity contribution in [3.05, 3.63) is 29.8 Å². The number of ether oxygens (including phenoxy) is 2. The van der Waals surface area contributed by atoms with Gasteiger partial charge >= 0.3 is 6.09 Å². The Morgan fingerprint density at radius 3 is 2.75 bits per heavy atom. The average Bonchev–Trinajstić information content (AvgIpc) is 2.25. The van der Waals surface area contributed by atoms with Crippen LogP contribution >= 0.6 is 0 Å². The lowest BCUT2D eigenvalue weighted by Gasteiger charge is -2.15. The third-order valence-electron chi connectivity index (χ3n) is 2.00. The van der Waals surface area contributed by atoms with Crippen molar-refractivity contribution in [2.24, 2.45) is 5.73 Å². The van der Waals surface area contributed by atoms with E-state index in [1.165, 1.54) is 0 Å². The summed E-state index contributed by atoms with van der Waals surface area (Å²) in [4.78, 5) is 10.5. The van der Waals surface area contributed by atoms with E-state index in [0.29, 0.717) is 5.75 Å². The summed E-state index contributed by atoms with van der Waals surface area (Å²) in [5, 5.41) is 8.91. The van der Waals surface area contributed by atoms with E-state index in [1.807, 2.05) is 25.1 Å². The molecule has 1 rings (SSSR count). The summed E-state index contributed by atoms with van der Waals surface area (Å²) < 4.78 is 10.0. The number of rotatable bonds is 5. The molecule has 0 heterocycles. The highest BCUT2D eigenvalue weighted by Crippen LogP contribution is 2.16. The first kappa shape index (κ1) is 12.3. The van der Waals surface area contributed by atoms with Gasteiger partial charge in [0.2, 0.25) is 0 Å². The van der Waals surface area contributed by atoms with E-state index in [-0.39, 0.29) is 13.2 Å². The molecule has 1 aromatic carbocycles. The summed E-state index contributed by atoms with van der Waals surface area (Å²) in [5.41, 5.74) is 5.81. The molecule has 0 aliphatic heterocycles. The van der Waals surface area contributed by atoms with Crippen LogP contribution in [0.15, 0.2) is 24.3 Å². The number of para-hydroxylation sites is 1. The second-order valence-electron chi connectivity index (χ2n) is 3.32. The van der Waals surface area contributed by atoms with Crippen molar-refractivity contribution in [2.45, 2.75) is 13.0 Å². The number of aryl methyl sites for hydroxylation is 1. The summed E-state index contributed by atoms with van der Waals surface area (Å²) >= 11 is 0. The summed E-state index contributed by atoms with van der Waals surface area (Å²) in [6.45, 7) is 1.65. The van der Waals surface area contributed by atoms with Crippen LogP contribution in [0.1, 0.15) is 5.56 Å². The minimum atomic E-state index is -0.924. The molecule has 1 amide bonds. The molecule has 5 heteroatoms. The standard InChI is InChI=1S/C11H15NO4/c1-8-4-2-3-5-10(8)15-7-9(6-13)16-11(12)14/h2-5,9,13H,6-7H2,1H3,(H2,12,14). The molecule has 3 N–H and O–H groups in total.